The van der Waals surface area contributed by atoms with Crippen molar-refractivity contribution in [1.82, 2.24) is 0 Å². The summed E-state index contributed by atoms with van der Waals surface area (Å²) >= 11 is 5.88. The molecule has 0 atom stereocenters. The summed E-state index contributed by atoms with van der Waals surface area (Å²) in [6, 6.07) is 4.93. The molecule has 0 saturated carbocycles. The number of hydrogen-bond acceptors (Lipinski definition) is 5. The molecule has 1 rings (SSSR count). The van der Waals surface area contributed by atoms with E-state index in [1.54, 1.807) is 18.2 Å². The largest absolute Gasteiger partial charge is 0.463 e. The lowest BCUT2D eigenvalue weighted by Gasteiger charge is -2.06. The van der Waals surface area contributed by atoms with Crippen molar-refractivity contribution in [3.05, 3.63) is 28.8 Å². The van der Waals surface area contributed by atoms with Gasteiger partial charge in [-0.3, -0.25) is 9.59 Å². The van der Waals surface area contributed by atoms with Crippen LogP contribution in [0.25, 0.3) is 0 Å². The molecule has 0 fully saturated rings. The summed E-state index contributed by atoms with van der Waals surface area (Å²) in [5, 5.41) is 0.604. The Morgan fingerprint density at radius 1 is 1.14 bits per heavy atom. The van der Waals surface area contributed by atoms with Gasteiger partial charge in [0.05, 0.1) is 19.4 Å². The fourth-order valence-corrected chi connectivity index (χ4v) is 1.62. The fourth-order valence-electron chi connectivity index (χ4n) is 1.50. The van der Waals surface area contributed by atoms with Crippen molar-refractivity contribution in [1.29, 1.82) is 0 Å². The highest BCUT2D eigenvalue weighted by Gasteiger charge is 2.10. The van der Waals surface area contributed by atoms with E-state index in [4.69, 9.17) is 25.8 Å². The maximum Gasteiger partial charge on any atom is 0.311 e. The first kappa shape index (κ1) is 17.5. The van der Waals surface area contributed by atoms with Crippen molar-refractivity contribution in [2.75, 3.05) is 19.8 Å². The van der Waals surface area contributed by atoms with Crippen LogP contribution in [0.3, 0.4) is 0 Å². The molecule has 116 valence electrons. The number of hydrogen-bond donors (Lipinski definition) is 0. The Morgan fingerprint density at radius 2 is 1.86 bits per heavy atom. The summed E-state index contributed by atoms with van der Waals surface area (Å²) < 4.78 is 15.0. The van der Waals surface area contributed by atoms with Gasteiger partial charge in [-0.05, 0) is 37.6 Å². The molecule has 0 aliphatic carbocycles. The molecule has 0 radical (unpaired) electrons. The molecule has 21 heavy (non-hydrogen) atoms. The summed E-state index contributed by atoms with van der Waals surface area (Å²) in [6.45, 7) is 4.80. The number of carbonyl (C=O) groups excluding carboxylic acids is 2. The van der Waals surface area contributed by atoms with E-state index in [0.717, 1.165) is 5.56 Å². The molecule has 0 aromatic heterocycles. The normalized spacial score (nSPS) is 10.2. The molecule has 6 heteroatoms. The van der Waals surface area contributed by atoms with Crippen LogP contribution >= 0.6 is 11.6 Å². The third-order valence-corrected chi connectivity index (χ3v) is 3.01. The standard InChI is InChI=1S/C15H19ClO5/c1-3-19-8-9-20-14(17)6-7-15(18)21-12-4-5-13(16)11(2)10-12/h4-5,10H,3,6-9H2,1-2H3. The summed E-state index contributed by atoms with van der Waals surface area (Å²) in [4.78, 5) is 23.0. The SMILES string of the molecule is CCOCCOC(=O)CCC(=O)Oc1ccc(Cl)c(C)c1. The molecule has 0 bridgehead atoms. The van der Waals surface area contributed by atoms with E-state index < -0.39 is 11.9 Å². The van der Waals surface area contributed by atoms with E-state index in [9.17, 15) is 9.59 Å². The fraction of sp³-hybridized carbons (Fsp3) is 0.467. The van der Waals surface area contributed by atoms with Gasteiger partial charge in [0, 0.05) is 11.6 Å². The van der Waals surface area contributed by atoms with Gasteiger partial charge in [0.15, 0.2) is 0 Å². The van der Waals surface area contributed by atoms with Crippen LogP contribution in [0, 0.1) is 6.92 Å². The van der Waals surface area contributed by atoms with E-state index in [1.165, 1.54) is 0 Å². The van der Waals surface area contributed by atoms with E-state index >= 15 is 0 Å². The molecular formula is C15H19ClO5. The highest BCUT2D eigenvalue weighted by atomic mass is 35.5. The Labute approximate surface area is 129 Å². The number of rotatable bonds is 8. The Hall–Kier alpha value is -1.59. The average Bonchev–Trinajstić information content (AvgIpc) is 2.45. The van der Waals surface area contributed by atoms with Crippen LogP contribution in [0.2, 0.25) is 5.02 Å². The zero-order valence-electron chi connectivity index (χ0n) is 12.2. The highest BCUT2D eigenvalue weighted by Crippen LogP contribution is 2.21. The van der Waals surface area contributed by atoms with Crippen LogP contribution in [0.5, 0.6) is 5.75 Å². The van der Waals surface area contributed by atoms with E-state index in [2.05, 4.69) is 0 Å². The van der Waals surface area contributed by atoms with Crippen LogP contribution in [0.1, 0.15) is 25.3 Å². The zero-order chi connectivity index (χ0) is 15.7. The lowest BCUT2D eigenvalue weighted by molar-refractivity contribution is -0.148. The topological polar surface area (TPSA) is 61.8 Å². The predicted octanol–water partition coefficient (Wildman–Crippen LogP) is 2.91. The van der Waals surface area contributed by atoms with Gasteiger partial charge >= 0.3 is 11.9 Å². The van der Waals surface area contributed by atoms with Crippen molar-refractivity contribution >= 4 is 23.5 Å². The highest BCUT2D eigenvalue weighted by molar-refractivity contribution is 6.31. The summed E-state index contributed by atoms with van der Waals surface area (Å²) in [5.41, 5.74) is 0.817. The van der Waals surface area contributed by atoms with Gasteiger partial charge in [-0.2, -0.15) is 0 Å². The van der Waals surface area contributed by atoms with Gasteiger partial charge in [-0.25, -0.2) is 0 Å². The van der Waals surface area contributed by atoms with Crippen molar-refractivity contribution in [3.8, 4) is 5.75 Å². The number of aryl methyl sites for hydroxylation is 1. The van der Waals surface area contributed by atoms with Crippen molar-refractivity contribution in [3.63, 3.8) is 0 Å². The molecule has 0 amide bonds. The van der Waals surface area contributed by atoms with Gasteiger partial charge in [-0.1, -0.05) is 11.6 Å². The first-order valence-corrected chi connectivity index (χ1v) is 7.11. The van der Waals surface area contributed by atoms with Crippen molar-refractivity contribution < 1.29 is 23.8 Å². The minimum absolute atomic E-state index is 0.0163. The van der Waals surface area contributed by atoms with Crippen LogP contribution in [-0.2, 0) is 19.1 Å². The van der Waals surface area contributed by atoms with Crippen LogP contribution in [0.15, 0.2) is 18.2 Å². The quantitative estimate of drug-likeness (QED) is 0.419. The lowest BCUT2D eigenvalue weighted by atomic mass is 10.2. The van der Waals surface area contributed by atoms with Crippen LogP contribution in [-0.4, -0.2) is 31.8 Å². The molecule has 0 spiro atoms. The first-order chi connectivity index (χ1) is 10.0. The molecule has 0 unspecified atom stereocenters. The Bertz CT molecular complexity index is 487. The number of ether oxygens (including phenoxy) is 3. The second kappa shape index (κ2) is 9.37. The average molecular weight is 315 g/mol. The monoisotopic (exact) mass is 314 g/mol. The summed E-state index contributed by atoms with van der Waals surface area (Å²) in [6.07, 6.45) is -0.0489. The smallest absolute Gasteiger partial charge is 0.311 e. The number of carbonyl (C=O) groups is 2. The van der Waals surface area contributed by atoms with Gasteiger partial charge in [-0.15, -0.1) is 0 Å². The zero-order valence-corrected chi connectivity index (χ0v) is 12.9. The van der Waals surface area contributed by atoms with E-state index in [0.29, 0.717) is 24.0 Å². The van der Waals surface area contributed by atoms with Crippen molar-refractivity contribution in [2.24, 2.45) is 0 Å². The molecule has 0 saturated heterocycles. The van der Waals surface area contributed by atoms with Crippen LogP contribution < -0.4 is 4.74 Å². The van der Waals surface area contributed by atoms with Gasteiger partial charge in [0.1, 0.15) is 12.4 Å². The molecule has 0 aliphatic rings. The maximum absolute atomic E-state index is 11.6. The summed E-state index contributed by atoms with van der Waals surface area (Å²) in [5.74, 6) is -0.524. The van der Waals surface area contributed by atoms with Gasteiger partial charge in [0.2, 0.25) is 0 Å². The molecule has 1 aromatic rings. The maximum atomic E-state index is 11.6. The molecule has 5 nitrogen and oxygen atoms in total. The Balaban J connectivity index is 2.27. The molecular weight excluding hydrogens is 296 g/mol. The van der Waals surface area contributed by atoms with Crippen molar-refractivity contribution in [2.45, 2.75) is 26.7 Å². The minimum atomic E-state index is -0.488. The molecule has 0 aliphatic heterocycles. The molecule has 0 heterocycles. The van der Waals surface area contributed by atoms with Gasteiger partial charge in [0.25, 0.3) is 0 Å². The second-order valence-corrected chi connectivity index (χ2v) is 4.71. The van der Waals surface area contributed by atoms with Crippen LogP contribution in [0.4, 0.5) is 0 Å². The third-order valence-electron chi connectivity index (χ3n) is 2.59. The third kappa shape index (κ3) is 7.11. The Kier molecular flexibility index (Phi) is 7.79. The number of benzene rings is 1. The molecule has 0 N–H and O–H groups in total. The Morgan fingerprint density at radius 3 is 2.52 bits per heavy atom. The first-order valence-electron chi connectivity index (χ1n) is 6.73. The number of halogens is 1. The van der Waals surface area contributed by atoms with E-state index in [-0.39, 0.29) is 19.4 Å². The summed E-state index contributed by atoms with van der Waals surface area (Å²) in [7, 11) is 0. The molecule has 1 aromatic carbocycles. The van der Waals surface area contributed by atoms with Gasteiger partial charge < -0.3 is 14.2 Å². The second-order valence-electron chi connectivity index (χ2n) is 4.30. The lowest BCUT2D eigenvalue weighted by Crippen LogP contribution is -2.14. The predicted molar refractivity (Wildman–Crippen MR) is 78.5 cm³/mol. The minimum Gasteiger partial charge on any atom is -0.463 e. The van der Waals surface area contributed by atoms with E-state index in [1.807, 2.05) is 13.8 Å². The number of esters is 2.